The highest BCUT2D eigenvalue weighted by Gasteiger charge is 2.18. The lowest BCUT2D eigenvalue weighted by Crippen LogP contribution is -2.14. The average Bonchev–Trinajstić information content (AvgIpc) is 2.03. The van der Waals surface area contributed by atoms with Crippen LogP contribution in [0.5, 0.6) is 0 Å². The van der Waals surface area contributed by atoms with Crippen LogP contribution >= 0.6 is 0 Å². The summed E-state index contributed by atoms with van der Waals surface area (Å²) in [6, 6.07) is 0. The van der Waals surface area contributed by atoms with Gasteiger partial charge in [0.2, 0.25) is 0 Å². The zero-order chi connectivity index (χ0) is 8.97. The van der Waals surface area contributed by atoms with Gasteiger partial charge in [-0.25, -0.2) is 0 Å². The van der Waals surface area contributed by atoms with Crippen LogP contribution in [0.4, 0.5) is 0 Å². The lowest BCUT2D eigenvalue weighted by molar-refractivity contribution is -0.112. The normalized spacial score (nSPS) is 30.8. The summed E-state index contributed by atoms with van der Waals surface area (Å²) in [5, 5.41) is 0. The second-order valence-electron chi connectivity index (χ2n) is 3.90. The lowest BCUT2D eigenvalue weighted by atomic mass is 9.80. The molecule has 0 N–H and O–H groups in total. The van der Waals surface area contributed by atoms with E-state index in [9.17, 15) is 4.79 Å². The Labute approximate surface area is 74.9 Å². The van der Waals surface area contributed by atoms with Crippen LogP contribution in [0.25, 0.3) is 0 Å². The Morgan fingerprint density at radius 3 is 2.58 bits per heavy atom. The van der Waals surface area contributed by atoms with Crippen molar-refractivity contribution in [3.63, 3.8) is 0 Å². The predicted molar refractivity (Wildman–Crippen MR) is 50.9 cm³/mol. The third-order valence-corrected chi connectivity index (χ3v) is 2.76. The van der Waals surface area contributed by atoms with Crippen LogP contribution in [0, 0.1) is 11.8 Å². The van der Waals surface area contributed by atoms with Gasteiger partial charge in [-0.1, -0.05) is 32.3 Å². The summed E-state index contributed by atoms with van der Waals surface area (Å²) >= 11 is 0. The molecule has 0 heterocycles. The topological polar surface area (TPSA) is 17.1 Å². The molecule has 1 nitrogen and oxygen atoms in total. The predicted octanol–water partition coefficient (Wildman–Crippen LogP) is 2.96. The third-order valence-electron chi connectivity index (χ3n) is 2.76. The van der Waals surface area contributed by atoms with E-state index in [0.29, 0.717) is 5.92 Å². The minimum atomic E-state index is 0.174. The van der Waals surface area contributed by atoms with Crippen LogP contribution in [-0.4, -0.2) is 5.78 Å². The van der Waals surface area contributed by atoms with E-state index in [1.807, 2.05) is 0 Å². The molecule has 0 aromatic rings. The molecule has 1 aliphatic rings. The second kappa shape index (κ2) is 4.44. The number of rotatable bonds is 2. The van der Waals surface area contributed by atoms with E-state index < -0.39 is 0 Å². The van der Waals surface area contributed by atoms with Gasteiger partial charge in [-0.2, -0.15) is 0 Å². The first-order chi connectivity index (χ1) is 5.70. The molecule has 1 saturated carbocycles. The van der Waals surface area contributed by atoms with E-state index in [1.54, 1.807) is 13.0 Å². The van der Waals surface area contributed by atoms with Gasteiger partial charge in [0, 0.05) is 0 Å². The molecule has 0 radical (unpaired) electrons. The molecule has 2 atom stereocenters. The van der Waals surface area contributed by atoms with Gasteiger partial charge in [0.1, 0.15) is 0 Å². The molecule has 12 heavy (non-hydrogen) atoms. The molecule has 1 aliphatic carbocycles. The number of ketones is 1. The Bertz CT molecular complexity index is 181. The highest BCUT2D eigenvalue weighted by Crippen LogP contribution is 2.30. The van der Waals surface area contributed by atoms with Crippen molar-refractivity contribution < 1.29 is 4.79 Å². The number of hydrogen-bond acceptors (Lipinski definition) is 1. The van der Waals surface area contributed by atoms with Gasteiger partial charge in [0.25, 0.3) is 0 Å². The maximum Gasteiger partial charge on any atom is 0.152 e. The van der Waals surface area contributed by atoms with Crippen molar-refractivity contribution in [3.05, 3.63) is 12.2 Å². The van der Waals surface area contributed by atoms with E-state index in [0.717, 1.165) is 5.92 Å². The van der Waals surface area contributed by atoms with Crippen molar-refractivity contribution in [1.29, 1.82) is 0 Å². The molecule has 0 spiro atoms. The quantitative estimate of drug-likeness (QED) is 0.576. The van der Waals surface area contributed by atoms with E-state index in [-0.39, 0.29) is 5.78 Å². The maximum absolute atomic E-state index is 10.7. The molecule has 2 unspecified atom stereocenters. The van der Waals surface area contributed by atoms with Gasteiger partial charge in [-0.05, 0) is 31.3 Å². The Morgan fingerprint density at radius 1 is 1.33 bits per heavy atom. The fourth-order valence-corrected chi connectivity index (χ4v) is 1.89. The Kier molecular flexibility index (Phi) is 3.51. The van der Waals surface area contributed by atoms with E-state index in [2.05, 4.69) is 13.0 Å². The van der Waals surface area contributed by atoms with Crippen LogP contribution in [-0.2, 0) is 4.79 Å². The van der Waals surface area contributed by atoms with Crippen molar-refractivity contribution in [3.8, 4) is 0 Å². The van der Waals surface area contributed by atoms with Gasteiger partial charge in [-0.3, -0.25) is 4.79 Å². The summed E-state index contributed by atoms with van der Waals surface area (Å²) in [5.41, 5.74) is 0. The minimum Gasteiger partial charge on any atom is -0.295 e. The van der Waals surface area contributed by atoms with Crippen LogP contribution in [0.3, 0.4) is 0 Å². The van der Waals surface area contributed by atoms with Crippen molar-refractivity contribution >= 4 is 5.78 Å². The fourth-order valence-electron chi connectivity index (χ4n) is 1.89. The maximum atomic E-state index is 10.7. The van der Waals surface area contributed by atoms with Crippen LogP contribution in [0.2, 0.25) is 0 Å². The minimum absolute atomic E-state index is 0.174. The lowest BCUT2D eigenvalue weighted by Gasteiger charge is -2.25. The molecule has 1 fully saturated rings. The summed E-state index contributed by atoms with van der Waals surface area (Å²) < 4.78 is 0. The van der Waals surface area contributed by atoms with Gasteiger partial charge >= 0.3 is 0 Å². The van der Waals surface area contributed by atoms with E-state index in [4.69, 9.17) is 0 Å². The standard InChI is InChI=1S/C11H18O/c1-9-5-3-4-6-11(9)8-7-10(2)12/h7-9,11H,3-6H2,1-2H3. The molecular formula is C11H18O. The van der Waals surface area contributed by atoms with Crippen molar-refractivity contribution in [2.45, 2.75) is 39.5 Å². The monoisotopic (exact) mass is 166 g/mol. The zero-order valence-corrected chi connectivity index (χ0v) is 8.05. The highest BCUT2D eigenvalue weighted by molar-refractivity contribution is 5.87. The zero-order valence-electron chi connectivity index (χ0n) is 8.05. The smallest absolute Gasteiger partial charge is 0.152 e. The molecule has 0 bridgehead atoms. The second-order valence-corrected chi connectivity index (χ2v) is 3.90. The summed E-state index contributed by atoms with van der Waals surface area (Å²) in [4.78, 5) is 10.7. The summed E-state index contributed by atoms with van der Waals surface area (Å²) in [6.45, 7) is 3.90. The van der Waals surface area contributed by atoms with Gasteiger partial charge in [-0.15, -0.1) is 0 Å². The number of hydrogen-bond donors (Lipinski definition) is 0. The largest absolute Gasteiger partial charge is 0.295 e. The van der Waals surface area contributed by atoms with Gasteiger partial charge in [0.05, 0.1) is 0 Å². The first-order valence-electron chi connectivity index (χ1n) is 4.89. The highest BCUT2D eigenvalue weighted by atomic mass is 16.1. The van der Waals surface area contributed by atoms with Crippen molar-refractivity contribution in [2.75, 3.05) is 0 Å². The Hall–Kier alpha value is -0.590. The molecule has 68 valence electrons. The first kappa shape index (κ1) is 9.50. The van der Waals surface area contributed by atoms with Crippen molar-refractivity contribution in [1.82, 2.24) is 0 Å². The van der Waals surface area contributed by atoms with E-state index >= 15 is 0 Å². The molecular weight excluding hydrogens is 148 g/mol. The summed E-state index contributed by atoms with van der Waals surface area (Å²) in [7, 11) is 0. The number of carbonyl (C=O) groups excluding carboxylic acids is 1. The molecule has 1 heteroatoms. The van der Waals surface area contributed by atoms with Crippen LogP contribution in [0.1, 0.15) is 39.5 Å². The molecule has 1 rings (SSSR count). The molecule has 0 aromatic carbocycles. The average molecular weight is 166 g/mol. The fraction of sp³-hybridized carbons (Fsp3) is 0.727. The number of carbonyl (C=O) groups is 1. The molecule has 0 aliphatic heterocycles. The summed E-state index contributed by atoms with van der Waals surface area (Å²) in [6.07, 6.45) is 9.12. The third kappa shape index (κ3) is 2.80. The molecule has 0 aromatic heterocycles. The van der Waals surface area contributed by atoms with Gasteiger partial charge in [0.15, 0.2) is 5.78 Å². The van der Waals surface area contributed by atoms with Crippen LogP contribution < -0.4 is 0 Å². The SMILES string of the molecule is CC(=O)C=CC1CCCCC1C. The van der Waals surface area contributed by atoms with Crippen molar-refractivity contribution in [2.24, 2.45) is 11.8 Å². The van der Waals surface area contributed by atoms with Gasteiger partial charge < -0.3 is 0 Å². The molecule has 0 saturated heterocycles. The Balaban J connectivity index is 2.43. The number of allylic oxidation sites excluding steroid dienone is 2. The summed E-state index contributed by atoms with van der Waals surface area (Å²) in [5.74, 6) is 1.60. The molecule has 0 amide bonds. The Morgan fingerprint density at radius 2 is 2.00 bits per heavy atom. The first-order valence-corrected chi connectivity index (χ1v) is 4.89. The van der Waals surface area contributed by atoms with E-state index in [1.165, 1.54) is 25.7 Å². The van der Waals surface area contributed by atoms with Crippen LogP contribution in [0.15, 0.2) is 12.2 Å².